The molecule has 0 atom stereocenters. The van der Waals surface area contributed by atoms with Crippen molar-refractivity contribution in [2.45, 2.75) is 39.2 Å². The van der Waals surface area contributed by atoms with Crippen molar-refractivity contribution in [1.29, 1.82) is 0 Å². The van der Waals surface area contributed by atoms with Crippen molar-refractivity contribution in [1.82, 2.24) is 39.9 Å². The summed E-state index contributed by atoms with van der Waals surface area (Å²) in [6.07, 6.45) is 0. The van der Waals surface area contributed by atoms with E-state index >= 15 is 0 Å². The molecule has 0 spiro atoms. The van der Waals surface area contributed by atoms with E-state index in [1.165, 1.54) is 0 Å². The first-order valence-electron chi connectivity index (χ1n) is 43.1. The van der Waals surface area contributed by atoms with Crippen LogP contribution in [0.15, 0.2) is 87.7 Å². The summed E-state index contributed by atoms with van der Waals surface area (Å²) in [4.78, 5) is 49.8. The summed E-state index contributed by atoms with van der Waals surface area (Å²) >= 11 is 13.6. The molecule has 7 aromatic rings. The van der Waals surface area contributed by atoms with Gasteiger partial charge in [0.15, 0.2) is 23.3 Å². The molecule has 2 aliphatic rings. The smallest absolute Gasteiger partial charge is 0.164 e. The van der Waals surface area contributed by atoms with Crippen LogP contribution < -0.4 is 0 Å². The Bertz CT molecular complexity index is 3860. The van der Waals surface area contributed by atoms with Crippen molar-refractivity contribution in [2.24, 2.45) is 0 Å². The van der Waals surface area contributed by atoms with Gasteiger partial charge < -0.3 is 124 Å². The van der Waals surface area contributed by atoms with Crippen LogP contribution in [0, 0.1) is 0 Å². The quantitative estimate of drug-likeness (QED) is 0.0264. The van der Waals surface area contributed by atoms with E-state index in [0.717, 1.165) is 83.0 Å². The summed E-state index contributed by atoms with van der Waals surface area (Å²) in [5, 5.41) is 3.23. The molecule has 8 bridgehead atoms. The highest BCUT2D eigenvalue weighted by atomic mass is 32.2. The normalized spacial score (nSPS) is 12.1. The summed E-state index contributed by atoms with van der Waals surface area (Å²) in [6, 6.07) is 17.6. The zero-order valence-electron chi connectivity index (χ0n) is 75.3. The van der Waals surface area contributed by atoms with E-state index in [-0.39, 0.29) is 0 Å². The highest BCUT2D eigenvalue weighted by molar-refractivity contribution is 8.03. The van der Waals surface area contributed by atoms with Crippen molar-refractivity contribution in [2.75, 3.05) is 367 Å². The monoisotopic (exact) mass is 1940 g/mol. The van der Waals surface area contributed by atoms with Crippen molar-refractivity contribution >= 4 is 138 Å². The van der Waals surface area contributed by atoms with Crippen molar-refractivity contribution < 1.29 is 114 Å². The van der Waals surface area contributed by atoms with Gasteiger partial charge in [0, 0.05) is 186 Å². The van der Waals surface area contributed by atoms with Gasteiger partial charge in [0.25, 0.3) is 0 Å². The molecule has 0 radical (unpaired) electrons. The van der Waals surface area contributed by atoms with Crippen molar-refractivity contribution in [3.63, 3.8) is 0 Å². The number of nitrogens with zero attached hydrogens (tertiary/aromatic N) is 6. The van der Waals surface area contributed by atoms with Gasteiger partial charge in [-0.05, 0) is 48.5 Å². The fourth-order valence-electron chi connectivity index (χ4n) is 12.1. The lowest BCUT2D eigenvalue weighted by molar-refractivity contribution is 0.0286. The summed E-state index contributed by atoms with van der Waals surface area (Å²) in [7, 11) is 13.3. The molecule has 32 nitrogen and oxygen atoms in total. The van der Waals surface area contributed by atoms with E-state index in [1.54, 1.807) is 151 Å². The molecule has 714 valence electrons. The lowest BCUT2D eigenvalue weighted by Gasteiger charge is -2.13. The molecule has 0 saturated heterocycles. The molecule has 5 heterocycles. The highest BCUT2D eigenvalue weighted by Crippen LogP contribution is 2.47. The number of methoxy groups -OCH3 is 8. The molecular formula is C88H130N8O24S8. The Labute approximate surface area is 786 Å². The third-order valence-corrected chi connectivity index (χ3v) is 27.1. The third-order valence-electron chi connectivity index (χ3n) is 18.4. The first kappa shape index (κ1) is 108. The molecule has 0 fully saturated rings. The molecule has 4 aromatic carbocycles. The molecular weight excluding hydrogens is 1810 g/mol. The third kappa shape index (κ3) is 39.8. The van der Waals surface area contributed by atoms with E-state index in [9.17, 15) is 0 Å². The molecule has 0 unspecified atom stereocenters. The van der Waals surface area contributed by atoms with E-state index < -0.39 is 0 Å². The van der Waals surface area contributed by atoms with E-state index in [2.05, 4.69) is 58.5 Å². The Kier molecular flexibility index (Phi) is 57.4. The van der Waals surface area contributed by atoms with E-state index in [0.29, 0.717) is 356 Å². The topological polar surface area (TPSA) is 330 Å². The number of aromatic amines is 2. The van der Waals surface area contributed by atoms with Gasteiger partial charge in [-0.25, -0.2) is 29.9 Å². The number of hydrogen-bond donors (Lipinski definition) is 2. The van der Waals surface area contributed by atoms with Crippen LogP contribution in [0.25, 0.3) is 89.7 Å². The van der Waals surface area contributed by atoms with Crippen LogP contribution in [-0.4, -0.2) is 407 Å². The second kappa shape index (κ2) is 68.1. The van der Waals surface area contributed by atoms with Crippen LogP contribution in [-0.2, 0) is 114 Å². The number of fused-ring (bicyclic) bond motifs is 20. The number of rotatable bonds is 80. The van der Waals surface area contributed by atoms with Gasteiger partial charge >= 0.3 is 0 Å². The van der Waals surface area contributed by atoms with Crippen molar-refractivity contribution in [3.05, 3.63) is 48.5 Å². The largest absolute Gasteiger partial charge is 0.382 e. The number of aromatic nitrogens is 8. The molecule has 0 saturated carbocycles. The Balaban J connectivity index is 1.28. The predicted molar refractivity (Wildman–Crippen MR) is 510 cm³/mol. The van der Waals surface area contributed by atoms with Gasteiger partial charge in [-0.2, -0.15) is 0 Å². The number of benzene rings is 4. The lowest BCUT2D eigenvalue weighted by atomic mass is 10.1. The molecule has 3 aromatic heterocycles. The Morgan fingerprint density at radius 3 is 0.453 bits per heavy atom. The SMILES string of the molecule is COCCOCCOCCSc1cc2c(cc1SCCOCCOCCOC)-c1nc-2nc2[nH]c(nc3nc(nc4[nH]c(n1)c1cc(SCCOCCOCCOC)c(SCCOCCOCCOC)cc41)-c1cc(SCCOCCOCCOC)c(SCCOCCOCCOC)cc1-3)c1cc(SCCOCCOCCOC)c(SCCOCCOCCOC)cc21. The van der Waals surface area contributed by atoms with Gasteiger partial charge in [-0.3, -0.25) is 0 Å². The van der Waals surface area contributed by atoms with Gasteiger partial charge in [0.05, 0.1) is 264 Å². The molecule has 9 rings (SSSR count). The van der Waals surface area contributed by atoms with Crippen LogP contribution >= 0.6 is 94.1 Å². The summed E-state index contributed by atoms with van der Waals surface area (Å²) in [6.45, 7) is 18.9. The summed E-state index contributed by atoms with van der Waals surface area (Å²) in [5.74, 6) is 6.90. The van der Waals surface area contributed by atoms with Gasteiger partial charge in [-0.1, -0.05) is 0 Å². The van der Waals surface area contributed by atoms with Crippen LogP contribution in [0.1, 0.15) is 0 Å². The van der Waals surface area contributed by atoms with E-state index in [1.807, 2.05) is 0 Å². The number of ether oxygens (including phenoxy) is 24. The number of thioether (sulfide) groups is 8. The Morgan fingerprint density at radius 2 is 0.305 bits per heavy atom. The highest BCUT2D eigenvalue weighted by Gasteiger charge is 2.28. The maximum absolute atomic E-state index is 6.18. The number of H-pyrrole nitrogens is 2. The standard InChI is InChI=1S/C88H130N8O24S8/c1-97-9-17-105-25-33-113-41-49-121-73-57-65-66(58-74(73)122-50-42-114-34-26-106-18-10-98-2)82-89-81(65)93-83-67-59-75(123-51-43-115-35-27-107-19-11-99-3)76(124-52-44-116-36-28-108-20-12-100-4)60-68(67)85(90-83)95-87-71-63-79(127-55-47-119-39-31-111-23-15-103-7)80(128-56-48-120-40-32-112-24-16-104-8)64-72(71)88(92-87)96-86-70-62-78(126-54-46-118-38-30-110-22-14-102-6)77(61-69(70)84(91-86)94-82)125-53-45-117-37-29-109-21-13-101-5/h57-64H,9-56H2,1-8H3,(H2,89,90,91,92,93,94,95,96). The maximum atomic E-state index is 6.18. The molecule has 2 aliphatic heterocycles. The van der Waals surface area contributed by atoms with Gasteiger partial charge in [-0.15, -0.1) is 94.1 Å². The average Bonchev–Trinajstić information content (AvgIpc) is 1.59. The first-order valence-corrected chi connectivity index (χ1v) is 50.9. The van der Waals surface area contributed by atoms with Crippen LogP contribution in [0.2, 0.25) is 0 Å². The molecule has 0 aliphatic carbocycles. The molecule has 40 heteroatoms. The molecule has 128 heavy (non-hydrogen) atoms. The van der Waals surface area contributed by atoms with Crippen LogP contribution in [0.5, 0.6) is 0 Å². The number of nitrogens with one attached hydrogen (secondary N) is 2. The number of hydrogen-bond acceptors (Lipinski definition) is 38. The van der Waals surface area contributed by atoms with Crippen LogP contribution in [0.3, 0.4) is 0 Å². The first-order chi connectivity index (χ1) is 63.3. The summed E-state index contributed by atoms with van der Waals surface area (Å²) < 4.78 is 137. The predicted octanol–water partition coefficient (Wildman–Crippen LogP) is 13.0. The minimum Gasteiger partial charge on any atom is -0.382 e. The average molecular weight is 1940 g/mol. The second-order valence-corrected chi connectivity index (χ2v) is 36.6. The minimum absolute atomic E-state index is 0.438. The van der Waals surface area contributed by atoms with Crippen LogP contribution in [0.4, 0.5) is 0 Å². The fourth-order valence-corrected chi connectivity index (χ4v) is 20.1. The molecule has 0 amide bonds. The zero-order chi connectivity index (χ0) is 89.7. The van der Waals surface area contributed by atoms with Gasteiger partial charge in [0.1, 0.15) is 22.6 Å². The lowest BCUT2D eigenvalue weighted by Crippen LogP contribution is -2.09. The van der Waals surface area contributed by atoms with Gasteiger partial charge in [0.2, 0.25) is 0 Å². The maximum Gasteiger partial charge on any atom is 0.164 e. The summed E-state index contributed by atoms with van der Waals surface area (Å²) in [5.41, 5.74) is 5.23. The minimum atomic E-state index is 0.438. The zero-order valence-corrected chi connectivity index (χ0v) is 81.8. The van der Waals surface area contributed by atoms with Crippen molar-refractivity contribution in [3.8, 4) is 45.6 Å². The van der Waals surface area contributed by atoms with E-state index in [4.69, 9.17) is 144 Å². The molecule has 2 N–H and O–H groups in total. The fraction of sp³-hybridized carbons (Fsp3) is 0.636. The second-order valence-electron chi connectivity index (χ2n) is 27.5. The Morgan fingerprint density at radius 1 is 0.172 bits per heavy atom. The Hall–Kier alpha value is -3.92.